The molecule has 0 spiro atoms. The molecule has 1 amide bonds. The number of carbonyl (C=O) groups excluding carboxylic acids is 1. The van der Waals surface area contributed by atoms with E-state index >= 15 is 0 Å². The number of nitrogens with one attached hydrogen (secondary N) is 1. The first-order valence-corrected chi connectivity index (χ1v) is 11.6. The summed E-state index contributed by atoms with van der Waals surface area (Å²) in [6, 6.07) is 6.24. The van der Waals surface area contributed by atoms with Gasteiger partial charge in [-0.05, 0) is 43.0 Å². The lowest BCUT2D eigenvalue weighted by Crippen LogP contribution is -2.38. The maximum absolute atomic E-state index is 13.3. The Balaban J connectivity index is 1.38. The molecule has 1 saturated carbocycles. The number of thiophene rings is 1. The largest absolute Gasteiger partial charge is 0.454 e. The smallest absolute Gasteiger partial charge is 0.264 e. The molecule has 0 saturated heterocycles. The van der Waals surface area contributed by atoms with Crippen molar-refractivity contribution in [2.75, 3.05) is 19.2 Å². The third-order valence-electron chi connectivity index (χ3n) is 6.26. The molecule has 7 nitrogen and oxygen atoms in total. The van der Waals surface area contributed by atoms with Gasteiger partial charge in [0, 0.05) is 19.6 Å². The number of benzene rings is 1. The van der Waals surface area contributed by atoms with Crippen molar-refractivity contribution in [3.63, 3.8) is 0 Å². The molecule has 1 aromatic carbocycles. The van der Waals surface area contributed by atoms with Crippen LogP contribution in [0.5, 0.6) is 11.5 Å². The first kappa shape index (κ1) is 20.1. The highest BCUT2D eigenvalue weighted by Gasteiger charge is 2.27. The molecule has 1 fully saturated rings. The lowest BCUT2D eigenvalue weighted by molar-refractivity contribution is 0.0700. The van der Waals surface area contributed by atoms with Crippen LogP contribution in [0.15, 0.2) is 24.5 Å². The van der Waals surface area contributed by atoms with Crippen molar-refractivity contribution in [2.24, 2.45) is 0 Å². The van der Waals surface area contributed by atoms with E-state index in [0.29, 0.717) is 12.6 Å². The number of hydrogen-bond acceptors (Lipinski definition) is 7. The van der Waals surface area contributed by atoms with Crippen molar-refractivity contribution in [1.82, 2.24) is 14.9 Å². The fraction of sp³-hybridized carbons (Fsp3) is 0.435. The summed E-state index contributed by atoms with van der Waals surface area (Å²) in [5.41, 5.74) is 2.01. The van der Waals surface area contributed by atoms with Crippen LogP contribution in [0.1, 0.15) is 52.9 Å². The van der Waals surface area contributed by atoms with Crippen molar-refractivity contribution >= 4 is 33.3 Å². The van der Waals surface area contributed by atoms with Crippen LogP contribution in [0.2, 0.25) is 0 Å². The Bertz CT molecular complexity index is 1120. The first-order valence-electron chi connectivity index (χ1n) is 10.8. The Morgan fingerprint density at radius 2 is 2.00 bits per heavy atom. The summed E-state index contributed by atoms with van der Waals surface area (Å²) in [5.74, 6) is 2.37. The van der Waals surface area contributed by atoms with Crippen LogP contribution in [-0.4, -0.2) is 40.7 Å². The van der Waals surface area contributed by atoms with Gasteiger partial charge in [-0.25, -0.2) is 9.97 Å². The zero-order chi connectivity index (χ0) is 21.4. The van der Waals surface area contributed by atoms with E-state index in [1.807, 2.05) is 37.1 Å². The minimum atomic E-state index is 0.0918. The summed E-state index contributed by atoms with van der Waals surface area (Å²) < 4.78 is 10.8. The van der Waals surface area contributed by atoms with Crippen LogP contribution >= 0.6 is 11.3 Å². The third-order valence-corrected chi connectivity index (χ3v) is 7.45. The van der Waals surface area contributed by atoms with Crippen molar-refractivity contribution in [3.05, 3.63) is 40.5 Å². The number of aryl methyl sites for hydroxylation is 1. The van der Waals surface area contributed by atoms with Crippen LogP contribution in [0.4, 0.5) is 5.82 Å². The Morgan fingerprint density at radius 1 is 1.19 bits per heavy atom. The first-order chi connectivity index (χ1) is 15.1. The molecule has 1 aliphatic carbocycles. The zero-order valence-electron chi connectivity index (χ0n) is 17.8. The van der Waals surface area contributed by atoms with Crippen LogP contribution in [0.25, 0.3) is 10.2 Å². The second-order valence-electron chi connectivity index (χ2n) is 8.21. The molecule has 3 aromatic rings. The normalized spacial score (nSPS) is 15.9. The molecule has 0 atom stereocenters. The molecule has 5 rings (SSSR count). The topological polar surface area (TPSA) is 76.6 Å². The van der Waals surface area contributed by atoms with E-state index < -0.39 is 0 Å². The molecule has 1 N–H and O–H groups in total. The molecule has 31 heavy (non-hydrogen) atoms. The quantitative estimate of drug-likeness (QED) is 0.620. The summed E-state index contributed by atoms with van der Waals surface area (Å²) in [7, 11) is 1.94. The third kappa shape index (κ3) is 3.80. The summed E-state index contributed by atoms with van der Waals surface area (Å²) in [5, 5.41) is 4.34. The number of aromatic nitrogens is 2. The number of nitrogens with zero attached hydrogens (tertiary/aromatic N) is 3. The number of amides is 1. The molecule has 8 heteroatoms. The van der Waals surface area contributed by atoms with Crippen molar-refractivity contribution in [2.45, 2.75) is 51.6 Å². The van der Waals surface area contributed by atoms with Gasteiger partial charge in [0.25, 0.3) is 5.91 Å². The van der Waals surface area contributed by atoms with Gasteiger partial charge in [0.15, 0.2) is 11.5 Å². The SMILES string of the molecule is Cc1c(C(=O)N(C)C2CCCCC2)sc2ncnc(NCc3ccc4c(c3)OCO4)c12. The lowest BCUT2D eigenvalue weighted by Gasteiger charge is -2.31. The van der Waals surface area contributed by atoms with Gasteiger partial charge >= 0.3 is 0 Å². The summed E-state index contributed by atoms with van der Waals surface area (Å²) in [6.07, 6.45) is 7.41. The molecule has 162 valence electrons. The van der Waals surface area contributed by atoms with E-state index in [1.54, 1.807) is 6.33 Å². The Hall–Kier alpha value is -2.87. The lowest BCUT2D eigenvalue weighted by atomic mass is 9.94. The Labute approximate surface area is 185 Å². The fourth-order valence-electron chi connectivity index (χ4n) is 4.44. The van der Waals surface area contributed by atoms with Crippen molar-refractivity contribution in [3.8, 4) is 11.5 Å². The van der Waals surface area contributed by atoms with Crippen molar-refractivity contribution < 1.29 is 14.3 Å². The van der Waals surface area contributed by atoms with Gasteiger partial charge < -0.3 is 19.7 Å². The minimum Gasteiger partial charge on any atom is -0.454 e. The monoisotopic (exact) mass is 438 g/mol. The number of ether oxygens (including phenoxy) is 2. The average Bonchev–Trinajstić information content (AvgIpc) is 3.41. The maximum Gasteiger partial charge on any atom is 0.264 e. The van der Waals surface area contributed by atoms with Crippen LogP contribution in [0.3, 0.4) is 0 Å². The second kappa shape index (κ2) is 8.34. The molecular weight excluding hydrogens is 412 g/mol. The predicted octanol–water partition coefficient (Wildman–Crippen LogP) is 4.75. The van der Waals surface area contributed by atoms with Crippen LogP contribution < -0.4 is 14.8 Å². The van der Waals surface area contributed by atoms with E-state index in [1.165, 1.54) is 30.6 Å². The zero-order valence-corrected chi connectivity index (χ0v) is 18.6. The predicted molar refractivity (Wildman–Crippen MR) is 121 cm³/mol. The van der Waals surface area contributed by atoms with Crippen LogP contribution in [0, 0.1) is 6.92 Å². The van der Waals surface area contributed by atoms with Gasteiger partial charge in [-0.1, -0.05) is 25.3 Å². The standard InChI is InChI=1S/C23H26N4O3S/c1-14-19-21(24-11-15-8-9-17-18(10-15)30-13-29-17)25-12-26-22(19)31-20(14)23(28)27(2)16-6-4-3-5-7-16/h8-10,12,16H,3-7,11,13H2,1-2H3,(H,24,25,26). The average molecular weight is 439 g/mol. The van der Waals surface area contributed by atoms with Gasteiger partial charge in [0.05, 0.1) is 10.3 Å². The number of rotatable bonds is 5. The van der Waals surface area contributed by atoms with Gasteiger partial charge in [-0.2, -0.15) is 0 Å². The van der Waals surface area contributed by atoms with E-state index in [9.17, 15) is 4.79 Å². The van der Waals surface area contributed by atoms with Crippen molar-refractivity contribution in [1.29, 1.82) is 0 Å². The molecule has 0 bridgehead atoms. The van der Waals surface area contributed by atoms with Gasteiger partial charge in [0.2, 0.25) is 6.79 Å². The highest BCUT2D eigenvalue weighted by molar-refractivity contribution is 7.20. The molecule has 1 aliphatic heterocycles. The molecule has 0 radical (unpaired) electrons. The number of carbonyl (C=O) groups is 1. The summed E-state index contributed by atoms with van der Waals surface area (Å²) >= 11 is 1.46. The number of fused-ring (bicyclic) bond motifs is 2. The highest BCUT2D eigenvalue weighted by Crippen LogP contribution is 2.36. The van der Waals surface area contributed by atoms with Crippen LogP contribution in [-0.2, 0) is 6.54 Å². The summed E-state index contributed by atoms with van der Waals surface area (Å²) in [4.78, 5) is 25.7. The fourth-order valence-corrected chi connectivity index (χ4v) is 5.57. The van der Waals surface area contributed by atoms with Gasteiger partial charge in [-0.15, -0.1) is 11.3 Å². The number of hydrogen-bond donors (Lipinski definition) is 1. The minimum absolute atomic E-state index is 0.0918. The van der Waals surface area contributed by atoms with Gasteiger partial charge in [0.1, 0.15) is 17.0 Å². The molecule has 0 unspecified atom stereocenters. The van der Waals surface area contributed by atoms with E-state index in [-0.39, 0.29) is 12.7 Å². The maximum atomic E-state index is 13.3. The van der Waals surface area contributed by atoms with E-state index in [0.717, 1.165) is 56.4 Å². The highest BCUT2D eigenvalue weighted by atomic mass is 32.1. The Morgan fingerprint density at radius 3 is 2.84 bits per heavy atom. The molecule has 2 aliphatic rings. The van der Waals surface area contributed by atoms with Gasteiger partial charge in [-0.3, -0.25) is 4.79 Å². The Kier molecular flexibility index (Phi) is 5.40. The number of anilines is 1. The molecular formula is C23H26N4O3S. The van der Waals surface area contributed by atoms with E-state index in [2.05, 4.69) is 15.3 Å². The second-order valence-corrected chi connectivity index (χ2v) is 9.21. The van der Waals surface area contributed by atoms with E-state index in [4.69, 9.17) is 9.47 Å². The summed E-state index contributed by atoms with van der Waals surface area (Å²) in [6.45, 7) is 2.85. The molecule has 2 aromatic heterocycles. The molecule has 3 heterocycles.